The van der Waals surface area contributed by atoms with Crippen LogP contribution in [0, 0.1) is 13.8 Å². The molecule has 4 rings (SSSR count). The van der Waals surface area contributed by atoms with E-state index in [1.165, 1.54) is 18.2 Å². The quantitative estimate of drug-likeness (QED) is 0.491. The van der Waals surface area contributed by atoms with E-state index in [9.17, 15) is 14.4 Å². The average Bonchev–Trinajstić information content (AvgIpc) is 2.97. The van der Waals surface area contributed by atoms with Gasteiger partial charge in [-0.3, -0.25) is 9.59 Å². The number of fused-ring (bicyclic) bond motifs is 1. The number of carbonyl (C=O) groups excluding carboxylic acids is 3. The van der Waals surface area contributed by atoms with Crippen molar-refractivity contribution in [2.75, 3.05) is 4.90 Å². The zero-order valence-electron chi connectivity index (χ0n) is 16.1. The van der Waals surface area contributed by atoms with Crippen molar-refractivity contribution in [2.45, 2.75) is 20.5 Å². The van der Waals surface area contributed by atoms with Gasteiger partial charge < -0.3 is 4.74 Å². The van der Waals surface area contributed by atoms with Crippen LogP contribution >= 0.6 is 0 Å². The molecule has 0 N–H and O–H groups in total. The van der Waals surface area contributed by atoms with Crippen molar-refractivity contribution in [3.05, 3.63) is 100 Å². The van der Waals surface area contributed by atoms with Crippen molar-refractivity contribution < 1.29 is 19.1 Å². The largest absolute Gasteiger partial charge is 0.457 e. The Labute approximate surface area is 168 Å². The molecule has 0 atom stereocenters. The molecule has 1 heterocycles. The minimum absolute atomic E-state index is 0.144. The third-order valence-corrected chi connectivity index (χ3v) is 5.10. The monoisotopic (exact) mass is 385 g/mol. The smallest absolute Gasteiger partial charge is 0.338 e. The number of esters is 1. The minimum Gasteiger partial charge on any atom is -0.457 e. The van der Waals surface area contributed by atoms with E-state index in [4.69, 9.17) is 4.74 Å². The van der Waals surface area contributed by atoms with Crippen molar-refractivity contribution in [1.29, 1.82) is 0 Å². The first kappa shape index (κ1) is 18.6. The Balaban J connectivity index is 1.58. The van der Waals surface area contributed by atoms with Crippen molar-refractivity contribution in [3.63, 3.8) is 0 Å². The summed E-state index contributed by atoms with van der Waals surface area (Å²) in [5, 5.41) is 0. The maximum absolute atomic E-state index is 12.9. The van der Waals surface area contributed by atoms with Gasteiger partial charge in [-0.1, -0.05) is 42.5 Å². The first-order valence-corrected chi connectivity index (χ1v) is 9.27. The summed E-state index contributed by atoms with van der Waals surface area (Å²) in [4.78, 5) is 39.3. The first-order chi connectivity index (χ1) is 14.0. The molecule has 0 aromatic heterocycles. The van der Waals surface area contributed by atoms with Gasteiger partial charge in [-0.2, -0.15) is 0 Å². The van der Waals surface area contributed by atoms with Crippen LogP contribution in [-0.4, -0.2) is 17.8 Å². The molecule has 1 aliphatic rings. The van der Waals surface area contributed by atoms with Gasteiger partial charge in [0.1, 0.15) is 6.61 Å². The Morgan fingerprint density at radius 1 is 0.828 bits per heavy atom. The van der Waals surface area contributed by atoms with Crippen molar-refractivity contribution >= 4 is 23.5 Å². The number of aryl methyl sites for hydroxylation is 2. The number of nitrogens with zero attached hydrogens (tertiary/aromatic N) is 1. The zero-order chi connectivity index (χ0) is 20.5. The highest BCUT2D eigenvalue weighted by atomic mass is 16.5. The topological polar surface area (TPSA) is 63.7 Å². The summed E-state index contributed by atoms with van der Waals surface area (Å²) in [5.74, 6) is -1.36. The summed E-state index contributed by atoms with van der Waals surface area (Å²) < 4.78 is 5.40. The first-order valence-electron chi connectivity index (χ1n) is 9.27. The Morgan fingerprint density at radius 3 is 2.21 bits per heavy atom. The van der Waals surface area contributed by atoms with Crippen molar-refractivity contribution in [3.8, 4) is 0 Å². The lowest BCUT2D eigenvalue weighted by Crippen LogP contribution is -2.29. The van der Waals surface area contributed by atoms with E-state index >= 15 is 0 Å². The van der Waals surface area contributed by atoms with Gasteiger partial charge in [0.05, 0.1) is 22.4 Å². The fourth-order valence-electron chi connectivity index (χ4n) is 3.40. The van der Waals surface area contributed by atoms with E-state index in [-0.39, 0.29) is 29.2 Å². The number of rotatable bonds is 4. The molecule has 5 nitrogen and oxygen atoms in total. The van der Waals surface area contributed by atoms with E-state index in [2.05, 4.69) is 0 Å². The number of hydrogen-bond donors (Lipinski definition) is 0. The molecule has 1 aliphatic heterocycles. The average molecular weight is 385 g/mol. The summed E-state index contributed by atoms with van der Waals surface area (Å²) in [6.45, 7) is 3.93. The molecule has 0 fully saturated rings. The number of benzene rings is 3. The predicted octanol–water partition coefficient (Wildman–Crippen LogP) is 4.46. The molecule has 3 aromatic carbocycles. The van der Waals surface area contributed by atoms with Gasteiger partial charge in [-0.05, 0) is 54.8 Å². The van der Waals surface area contributed by atoms with E-state index < -0.39 is 11.9 Å². The molecule has 0 radical (unpaired) electrons. The molecule has 0 spiro atoms. The molecule has 5 heteroatoms. The van der Waals surface area contributed by atoms with Gasteiger partial charge in [-0.15, -0.1) is 0 Å². The van der Waals surface area contributed by atoms with Gasteiger partial charge in [0.25, 0.3) is 11.8 Å². The fraction of sp³-hybridized carbons (Fsp3) is 0.125. The highest BCUT2D eigenvalue weighted by Crippen LogP contribution is 2.31. The number of carbonyl (C=O) groups is 3. The molecule has 0 unspecified atom stereocenters. The number of anilines is 1. The molecule has 2 amide bonds. The van der Waals surface area contributed by atoms with Crippen LogP contribution in [0.4, 0.5) is 5.69 Å². The van der Waals surface area contributed by atoms with Gasteiger partial charge in [-0.25, -0.2) is 9.69 Å². The molecular formula is C24H19NO4. The molecule has 0 saturated carbocycles. The lowest BCUT2D eigenvalue weighted by atomic mass is 10.1. The van der Waals surface area contributed by atoms with Crippen LogP contribution in [-0.2, 0) is 11.3 Å². The van der Waals surface area contributed by atoms with E-state index in [0.717, 1.165) is 21.6 Å². The van der Waals surface area contributed by atoms with E-state index in [1.807, 2.05) is 50.2 Å². The Bertz CT molecular complexity index is 1150. The molecule has 3 aromatic rings. The number of amides is 2. The molecule has 0 saturated heterocycles. The number of para-hydroxylation sites is 1. The molecule has 0 aliphatic carbocycles. The van der Waals surface area contributed by atoms with Crippen LogP contribution in [0.1, 0.15) is 47.8 Å². The highest BCUT2D eigenvalue weighted by Gasteiger charge is 2.37. The van der Waals surface area contributed by atoms with Crippen LogP contribution in [0.15, 0.2) is 66.7 Å². The highest BCUT2D eigenvalue weighted by molar-refractivity contribution is 6.34. The Kier molecular flexibility index (Phi) is 4.72. The van der Waals surface area contributed by atoms with Crippen LogP contribution in [0.5, 0.6) is 0 Å². The third kappa shape index (κ3) is 3.31. The van der Waals surface area contributed by atoms with Gasteiger partial charge in [0.15, 0.2) is 0 Å². The van der Waals surface area contributed by atoms with Crippen molar-refractivity contribution in [2.24, 2.45) is 0 Å². The second kappa shape index (κ2) is 7.36. The second-order valence-corrected chi connectivity index (χ2v) is 7.00. The van der Waals surface area contributed by atoms with E-state index in [1.54, 1.807) is 12.1 Å². The maximum atomic E-state index is 12.9. The predicted molar refractivity (Wildman–Crippen MR) is 109 cm³/mol. The van der Waals surface area contributed by atoms with Crippen LogP contribution in [0.25, 0.3) is 0 Å². The van der Waals surface area contributed by atoms with Gasteiger partial charge in [0.2, 0.25) is 0 Å². The molecule has 29 heavy (non-hydrogen) atoms. The minimum atomic E-state index is -0.536. The summed E-state index contributed by atoms with van der Waals surface area (Å²) in [5.41, 5.74) is 4.05. The number of imide groups is 1. The summed E-state index contributed by atoms with van der Waals surface area (Å²) >= 11 is 0. The fourth-order valence-corrected chi connectivity index (χ4v) is 3.40. The van der Waals surface area contributed by atoms with Gasteiger partial charge in [0, 0.05) is 0 Å². The Hall–Kier alpha value is -3.73. The second-order valence-electron chi connectivity index (χ2n) is 7.00. The van der Waals surface area contributed by atoms with Gasteiger partial charge >= 0.3 is 5.97 Å². The lowest BCUT2D eigenvalue weighted by Gasteiger charge is -2.16. The normalized spacial score (nSPS) is 12.8. The van der Waals surface area contributed by atoms with Crippen molar-refractivity contribution in [1.82, 2.24) is 0 Å². The van der Waals surface area contributed by atoms with Crippen LogP contribution in [0.3, 0.4) is 0 Å². The standard InChI is InChI=1S/C24H19NO4/c1-15-7-3-5-9-18(15)14-29-24(28)17-11-12-19-20(13-17)23(27)25(22(19)26)21-10-6-4-8-16(21)2/h3-13H,14H2,1-2H3. The maximum Gasteiger partial charge on any atom is 0.338 e. The number of hydrogen-bond acceptors (Lipinski definition) is 4. The number of ether oxygens (including phenoxy) is 1. The summed E-state index contributed by atoms with van der Waals surface area (Å²) in [7, 11) is 0. The third-order valence-electron chi connectivity index (χ3n) is 5.10. The summed E-state index contributed by atoms with van der Waals surface area (Å²) in [6, 6.07) is 19.3. The Morgan fingerprint density at radius 2 is 1.48 bits per heavy atom. The lowest BCUT2D eigenvalue weighted by molar-refractivity contribution is 0.0472. The zero-order valence-corrected chi connectivity index (χ0v) is 16.1. The molecular weight excluding hydrogens is 366 g/mol. The van der Waals surface area contributed by atoms with Crippen LogP contribution < -0.4 is 4.90 Å². The van der Waals surface area contributed by atoms with E-state index in [0.29, 0.717) is 5.69 Å². The molecule has 0 bridgehead atoms. The summed E-state index contributed by atoms with van der Waals surface area (Å²) in [6.07, 6.45) is 0. The molecule has 144 valence electrons. The SMILES string of the molecule is Cc1ccccc1COC(=O)c1ccc2c(c1)C(=O)N(c1ccccc1C)C2=O. The van der Waals surface area contributed by atoms with Crippen LogP contribution in [0.2, 0.25) is 0 Å².